The molecule has 7 nitrogen and oxygen atoms in total. The van der Waals surface area contributed by atoms with E-state index in [0.29, 0.717) is 23.3 Å². The summed E-state index contributed by atoms with van der Waals surface area (Å²) in [6.07, 6.45) is 4.48. The van der Waals surface area contributed by atoms with E-state index in [1.54, 1.807) is 31.1 Å². The lowest BCUT2D eigenvalue weighted by Gasteiger charge is -2.23. The maximum absolute atomic E-state index is 13.2. The number of hydrogen-bond donors (Lipinski definition) is 0. The van der Waals surface area contributed by atoms with Crippen LogP contribution in [-0.2, 0) is 13.5 Å². The maximum Gasteiger partial charge on any atom is 0.259 e. The van der Waals surface area contributed by atoms with Crippen molar-refractivity contribution in [2.45, 2.75) is 19.3 Å². The Morgan fingerprint density at radius 2 is 2.16 bits per heavy atom. The third-order valence-electron chi connectivity index (χ3n) is 4.61. The molecule has 0 atom stereocenters. The lowest BCUT2D eigenvalue weighted by Crippen LogP contribution is -2.31. The van der Waals surface area contributed by atoms with E-state index >= 15 is 0 Å². The number of methoxy groups -OCH3 is 1. The molecule has 0 N–H and O–H groups in total. The number of pyridine rings is 1. The number of benzene rings is 1. The van der Waals surface area contributed by atoms with Gasteiger partial charge in [0.2, 0.25) is 0 Å². The van der Waals surface area contributed by atoms with Crippen LogP contribution in [0.3, 0.4) is 0 Å². The minimum Gasteiger partial charge on any atom is -0.496 e. The lowest BCUT2D eigenvalue weighted by molar-refractivity contribution is 0.0986. The van der Waals surface area contributed by atoms with Gasteiger partial charge in [-0.1, -0.05) is 11.3 Å². The Labute approximate surface area is 145 Å². The molecule has 0 spiro atoms. The Bertz CT molecular complexity index is 950. The molecule has 0 aliphatic carbocycles. The van der Waals surface area contributed by atoms with E-state index in [4.69, 9.17) is 4.74 Å². The highest BCUT2D eigenvalue weighted by Crippen LogP contribution is 2.34. The second-order valence-corrected chi connectivity index (χ2v) is 6.15. The van der Waals surface area contributed by atoms with Crippen molar-refractivity contribution < 1.29 is 9.53 Å². The number of aromatic nitrogens is 4. The van der Waals surface area contributed by atoms with E-state index in [2.05, 4.69) is 15.3 Å². The second kappa shape index (κ2) is 6.16. The number of fused-ring (bicyclic) bond motifs is 2. The van der Waals surface area contributed by atoms with Crippen molar-refractivity contribution in [1.29, 1.82) is 0 Å². The fourth-order valence-electron chi connectivity index (χ4n) is 3.35. The molecule has 1 amide bonds. The molecule has 4 rings (SSSR count). The number of aryl methyl sites for hydroxylation is 1. The summed E-state index contributed by atoms with van der Waals surface area (Å²) < 4.78 is 7.08. The number of carbonyl (C=O) groups is 1. The second-order valence-electron chi connectivity index (χ2n) is 6.15. The molecule has 7 heteroatoms. The summed E-state index contributed by atoms with van der Waals surface area (Å²) in [6.45, 7) is 0.678. The zero-order valence-electron chi connectivity index (χ0n) is 14.3. The SMILES string of the molecule is COc1cccc2c1CCCCN2C(=O)c1cnc2c(c1)nnn2C. The first kappa shape index (κ1) is 15.6. The summed E-state index contributed by atoms with van der Waals surface area (Å²) in [5.74, 6) is 0.760. The van der Waals surface area contributed by atoms with Gasteiger partial charge < -0.3 is 9.64 Å². The van der Waals surface area contributed by atoms with Crippen molar-refractivity contribution in [2.75, 3.05) is 18.6 Å². The number of amides is 1. The zero-order chi connectivity index (χ0) is 17.4. The summed E-state index contributed by atoms with van der Waals surface area (Å²) in [5, 5.41) is 8.00. The van der Waals surface area contributed by atoms with Gasteiger partial charge in [-0.2, -0.15) is 0 Å². The number of ether oxygens (including phenoxy) is 1. The van der Waals surface area contributed by atoms with Crippen LogP contribution >= 0.6 is 0 Å². The van der Waals surface area contributed by atoms with Crippen molar-refractivity contribution in [2.24, 2.45) is 7.05 Å². The number of nitrogens with zero attached hydrogens (tertiary/aromatic N) is 5. The third kappa shape index (κ3) is 2.61. The minimum absolute atomic E-state index is 0.0727. The predicted octanol–water partition coefficient (Wildman–Crippen LogP) is 2.36. The Balaban J connectivity index is 1.76. The van der Waals surface area contributed by atoms with Crippen molar-refractivity contribution in [1.82, 2.24) is 20.0 Å². The molecular weight excluding hydrogens is 318 g/mol. The molecule has 1 aromatic carbocycles. The molecule has 1 aliphatic rings. The van der Waals surface area contributed by atoms with Crippen molar-refractivity contribution in [3.8, 4) is 5.75 Å². The van der Waals surface area contributed by atoms with Gasteiger partial charge in [-0.3, -0.25) is 4.79 Å². The van der Waals surface area contributed by atoms with Crippen LogP contribution in [0.25, 0.3) is 11.2 Å². The first-order valence-corrected chi connectivity index (χ1v) is 8.32. The summed E-state index contributed by atoms with van der Waals surface area (Å²) in [6, 6.07) is 7.60. The fraction of sp³-hybridized carbons (Fsp3) is 0.333. The largest absolute Gasteiger partial charge is 0.496 e. The van der Waals surface area contributed by atoms with Gasteiger partial charge in [0.25, 0.3) is 5.91 Å². The van der Waals surface area contributed by atoms with Gasteiger partial charge in [-0.25, -0.2) is 9.67 Å². The highest BCUT2D eigenvalue weighted by Gasteiger charge is 2.25. The molecule has 25 heavy (non-hydrogen) atoms. The zero-order valence-corrected chi connectivity index (χ0v) is 14.3. The van der Waals surface area contributed by atoms with Crippen molar-refractivity contribution in [3.05, 3.63) is 41.6 Å². The van der Waals surface area contributed by atoms with Gasteiger partial charge in [0.05, 0.1) is 18.4 Å². The highest BCUT2D eigenvalue weighted by atomic mass is 16.5. The molecule has 1 aliphatic heterocycles. The summed E-state index contributed by atoms with van der Waals surface area (Å²) in [4.78, 5) is 19.3. The maximum atomic E-state index is 13.2. The molecule has 0 unspecified atom stereocenters. The van der Waals surface area contributed by atoms with Crippen molar-refractivity contribution >= 4 is 22.8 Å². The smallest absolute Gasteiger partial charge is 0.259 e. The van der Waals surface area contributed by atoms with E-state index in [-0.39, 0.29) is 5.91 Å². The van der Waals surface area contributed by atoms with Crippen LogP contribution in [-0.4, -0.2) is 39.5 Å². The molecule has 3 heterocycles. The van der Waals surface area contributed by atoms with Gasteiger partial charge in [0, 0.05) is 25.4 Å². The van der Waals surface area contributed by atoms with Crippen LogP contribution in [0.1, 0.15) is 28.8 Å². The molecule has 0 bridgehead atoms. The van der Waals surface area contributed by atoms with E-state index in [1.165, 1.54) is 0 Å². The molecule has 128 valence electrons. The Morgan fingerprint density at radius 3 is 3.00 bits per heavy atom. The quantitative estimate of drug-likeness (QED) is 0.718. The van der Waals surface area contributed by atoms with E-state index in [0.717, 1.165) is 36.3 Å². The third-order valence-corrected chi connectivity index (χ3v) is 4.61. The van der Waals surface area contributed by atoms with Crippen LogP contribution in [0, 0.1) is 0 Å². The normalized spacial score (nSPS) is 14.2. The first-order valence-electron chi connectivity index (χ1n) is 8.32. The lowest BCUT2D eigenvalue weighted by atomic mass is 10.1. The predicted molar refractivity (Wildman–Crippen MR) is 93.9 cm³/mol. The molecule has 2 aromatic heterocycles. The molecular formula is C18H19N5O2. The average molecular weight is 337 g/mol. The standard InChI is InChI=1S/C18H19N5O2/c1-22-17-14(20-21-22)10-12(11-19-17)18(24)23-9-4-3-6-13-15(23)7-5-8-16(13)25-2/h5,7-8,10-11H,3-4,6,9H2,1-2H3. The number of anilines is 1. The minimum atomic E-state index is -0.0727. The van der Waals surface area contributed by atoms with Crippen LogP contribution in [0.5, 0.6) is 5.75 Å². The molecule has 0 saturated heterocycles. The number of hydrogen-bond acceptors (Lipinski definition) is 5. The summed E-state index contributed by atoms with van der Waals surface area (Å²) >= 11 is 0. The van der Waals surface area contributed by atoms with Crippen LogP contribution in [0.15, 0.2) is 30.5 Å². The topological polar surface area (TPSA) is 73.1 Å². The van der Waals surface area contributed by atoms with E-state index < -0.39 is 0 Å². The molecule has 0 saturated carbocycles. The van der Waals surface area contributed by atoms with Crippen LogP contribution < -0.4 is 9.64 Å². The first-order chi connectivity index (χ1) is 12.2. The Hall–Kier alpha value is -2.96. The van der Waals surface area contributed by atoms with E-state index in [9.17, 15) is 4.79 Å². The van der Waals surface area contributed by atoms with E-state index in [1.807, 2.05) is 23.1 Å². The monoisotopic (exact) mass is 337 g/mol. The molecule has 0 radical (unpaired) electrons. The number of rotatable bonds is 2. The highest BCUT2D eigenvalue weighted by molar-refractivity contribution is 6.07. The fourth-order valence-corrected chi connectivity index (χ4v) is 3.35. The van der Waals surface area contributed by atoms with Gasteiger partial charge in [0.15, 0.2) is 5.65 Å². The van der Waals surface area contributed by atoms with Crippen molar-refractivity contribution in [3.63, 3.8) is 0 Å². The van der Waals surface area contributed by atoms with Crippen LogP contribution in [0.4, 0.5) is 5.69 Å². The molecule has 3 aromatic rings. The number of carbonyl (C=O) groups excluding carboxylic acids is 1. The summed E-state index contributed by atoms with van der Waals surface area (Å²) in [7, 11) is 3.44. The summed E-state index contributed by atoms with van der Waals surface area (Å²) in [5.41, 5.74) is 3.80. The van der Waals surface area contributed by atoms with Gasteiger partial charge in [-0.05, 0) is 37.5 Å². The average Bonchev–Trinajstić information content (AvgIpc) is 2.88. The Morgan fingerprint density at radius 1 is 1.28 bits per heavy atom. The molecule has 0 fully saturated rings. The van der Waals surface area contributed by atoms with Gasteiger partial charge >= 0.3 is 0 Å². The van der Waals surface area contributed by atoms with Crippen LogP contribution in [0.2, 0.25) is 0 Å². The van der Waals surface area contributed by atoms with Gasteiger partial charge in [0.1, 0.15) is 11.3 Å². The van der Waals surface area contributed by atoms with Gasteiger partial charge in [-0.15, -0.1) is 5.10 Å². The Kier molecular flexibility index (Phi) is 3.83.